The van der Waals surface area contributed by atoms with Crippen molar-refractivity contribution in [3.05, 3.63) is 102 Å². The van der Waals surface area contributed by atoms with Crippen molar-refractivity contribution in [3.8, 4) is 0 Å². The standard InChI is InChI=1S/C29H33N3O/c1-3-19-32(20-4-2)26-17-15-23(16-18-26)22-30-31-28(33)27-21-29(27,24-11-7-5-8-12-24)25-13-9-6-10-14-25/h5-18,22,27H,3-4,19-21H2,1-2H3,(H,31,33). The highest BCUT2D eigenvalue weighted by Gasteiger charge is 2.60. The molecule has 0 bridgehead atoms. The summed E-state index contributed by atoms with van der Waals surface area (Å²) in [5, 5.41) is 4.26. The quantitative estimate of drug-likeness (QED) is 0.322. The molecule has 1 atom stereocenters. The van der Waals surface area contributed by atoms with Crippen LogP contribution in [0.25, 0.3) is 0 Å². The molecule has 33 heavy (non-hydrogen) atoms. The largest absolute Gasteiger partial charge is 0.372 e. The zero-order valence-corrected chi connectivity index (χ0v) is 19.6. The number of hydrazone groups is 1. The maximum Gasteiger partial charge on any atom is 0.244 e. The lowest BCUT2D eigenvalue weighted by atomic mass is 9.85. The predicted octanol–water partition coefficient (Wildman–Crippen LogP) is 5.77. The maximum absolute atomic E-state index is 13.0. The van der Waals surface area contributed by atoms with Crippen LogP contribution in [0.3, 0.4) is 0 Å². The molecule has 3 aromatic rings. The van der Waals surface area contributed by atoms with Gasteiger partial charge in [-0.3, -0.25) is 4.79 Å². The van der Waals surface area contributed by atoms with Crippen molar-refractivity contribution in [3.63, 3.8) is 0 Å². The summed E-state index contributed by atoms with van der Waals surface area (Å²) in [6.07, 6.45) is 4.77. The first-order chi connectivity index (χ1) is 16.2. The second-order valence-corrected chi connectivity index (χ2v) is 8.77. The number of benzene rings is 3. The lowest BCUT2D eigenvalue weighted by Crippen LogP contribution is -2.25. The van der Waals surface area contributed by atoms with E-state index in [4.69, 9.17) is 0 Å². The Labute approximate surface area is 197 Å². The summed E-state index contributed by atoms with van der Waals surface area (Å²) >= 11 is 0. The highest BCUT2D eigenvalue weighted by atomic mass is 16.2. The van der Waals surface area contributed by atoms with Crippen molar-refractivity contribution >= 4 is 17.8 Å². The minimum absolute atomic E-state index is 0.0346. The van der Waals surface area contributed by atoms with Crippen molar-refractivity contribution in [2.24, 2.45) is 11.0 Å². The van der Waals surface area contributed by atoms with Crippen LogP contribution < -0.4 is 10.3 Å². The fourth-order valence-corrected chi connectivity index (χ4v) is 4.78. The van der Waals surface area contributed by atoms with E-state index in [0.29, 0.717) is 0 Å². The molecule has 1 unspecified atom stereocenters. The molecule has 0 aliphatic heterocycles. The van der Waals surface area contributed by atoms with Gasteiger partial charge < -0.3 is 4.90 Å². The van der Waals surface area contributed by atoms with E-state index >= 15 is 0 Å². The van der Waals surface area contributed by atoms with Gasteiger partial charge in [-0.05, 0) is 48.1 Å². The molecule has 1 aliphatic rings. The number of carbonyl (C=O) groups excluding carboxylic acids is 1. The Morgan fingerprint density at radius 3 is 1.97 bits per heavy atom. The van der Waals surface area contributed by atoms with Crippen molar-refractivity contribution < 1.29 is 4.79 Å². The van der Waals surface area contributed by atoms with Gasteiger partial charge in [-0.15, -0.1) is 0 Å². The van der Waals surface area contributed by atoms with Gasteiger partial charge in [0.15, 0.2) is 0 Å². The minimum atomic E-state index is -0.272. The minimum Gasteiger partial charge on any atom is -0.372 e. The molecule has 0 heterocycles. The van der Waals surface area contributed by atoms with Crippen LogP contribution in [0.5, 0.6) is 0 Å². The molecule has 4 nitrogen and oxygen atoms in total. The summed E-state index contributed by atoms with van der Waals surface area (Å²) in [4.78, 5) is 15.4. The first-order valence-corrected chi connectivity index (χ1v) is 12.0. The lowest BCUT2D eigenvalue weighted by Gasteiger charge is -2.23. The Morgan fingerprint density at radius 2 is 1.45 bits per heavy atom. The number of nitrogens with zero attached hydrogens (tertiary/aromatic N) is 2. The Morgan fingerprint density at radius 1 is 0.909 bits per heavy atom. The normalized spacial score (nSPS) is 16.5. The van der Waals surface area contributed by atoms with Gasteiger partial charge in [-0.25, -0.2) is 5.43 Å². The highest BCUT2D eigenvalue weighted by molar-refractivity contribution is 5.88. The molecule has 1 amide bonds. The SMILES string of the molecule is CCCN(CCC)c1ccc(C=NNC(=O)C2CC2(c2ccccc2)c2ccccc2)cc1. The summed E-state index contributed by atoms with van der Waals surface area (Å²) in [7, 11) is 0. The topological polar surface area (TPSA) is 44.7 Å². The molecule has 0 aromatic heterocycles. The summed E-state index contributed by atoms with van der Waals surface area (Å²) in [6.45, 7) is 6.53. The molecular formula is C29H33N3O. The van der Waals surface area contributed by atoms with Crippen LogP contribution in [0.15, 0.2) is 90.0 Å². The molecule has 1 fully saturated rings. The van der Waals surface area contributed by atoms with Gasteiger partial charge >= 0.3 is 0 Å². The molecule has 4 heteroatoms. The smallest absolute Gasteiger partial charge is 0.244 e. The van der Waals surface area contributed by atoms with Crippen LogP contribution in [-0.2, 0) is 10.2 Å². The average molecular weight is 440 g/mol. The lowest BCUT2D eigenvalue weighted by molar-refractivity contribution is -0.122. The molecule has 0 radical (unpaired) electrons. The molecule has 3 aromatic carbocycles. The van der Waals surface area contributed by atoms with E-state index < -0.39 is 0 Å². The Hall–Kier alpha value is -3.40. The van der Waals surface area contributed by atoms with Crippen LogP contribution >= 0.6 is 0 Å². The van der Waals surface area contributed by atoms with Crippen LogP contribution in [0.4, 0.5) is 5.69 Å². The molecule has 170 valence electrons. The van der Waals surface area contributed by atoms with Gasteiger partial charge in [0.2, 0.25) is 5.91 Å². The first kappa shape index (κ1) is 22.8. The molecule has 0 saturated heterocycles. The fourth-order valence-electron chi connectivity index (χ4n) is 4.78. The monoisotopic (exact) mass is 439 g/mol. The number of hydrogen-bond acceptors (Lipinski definition) is 3. The van der Waals surface area contributed by atoms with Gasteiger partial charge in [-0.2, -0.15) is 5.10 Å². The van der Waals surface area contributed by atoms with Crippen LogP contribution in [0.1, 0.15) is 49.8 Å². The highest BCUT2D eigenvalue weighted by Crippen LogP contribution is 2.58. The average Bonchev–Trinajstić information content (AvgIpc) is 3.63. The van der Waals surface area contributed by atoms with Gasteiger partial charge in [0, 0.05) is 24.2 Å². The van der Waals surface area contributed by atoms with Gasteiger partial charge in [0.05, 0.1) is 12.1 Å². The van der Waals surface area contributed by atoms with Gasteiger partial charge in [0.25, 0.3) is 0 Å². The van der Waals surface area contributed by atoms with Crippen molar-refractivity contribution in [1.82, 2.24) is 5.43 Å². The van der Waals surface area contributed by atoms with E-state index in [9.17, 15) is 4.79 Å². The van der Waals surface area contributed by atoms with Crippen LogP contribution in [-0.4, -0.2) is 25.2 Å². The summed E-state index contributed by atoms with van der Waals surface area (Å²) < 4.78 is 0. The molecule has 1 saturated carbocycles. The maximum atomic E-state index is 13.0. The number of amides is 1. The van der Waals surface area contributed by atoms with Crippen molar-refractivity contribution in [2.45, 2.75) is 38.5 Å². The zero-order chi connectivity index (χ0) is 23.1. The molecule has 0 spiro atoms. The fraction of sp³-hybridized carbons (Fsp3) is 0.310. The molecule has 1 N–H and O–H groups in total. The number of hydrogen-bond donors (Lipinski definition) is 1. The van der Waals surface area contributed by atoms with Crippen molar-refractivity contribution in [2.75, 3.05) is 18.0 Å². The number of rotatable bonds is 10. The van der Waals surface area contributed by atoms with Crippen molar-refractivity contribution in [1.29, 1.82) is 0 Å². The van der Waals surface area contributed by atoms with E-state index in [1.165, 1.54) is 16.8 Å². The third-order valence-corrected chi connectivity index (χ3v) is 6.49. The zero-order valence-electron chi connectivity index (χ0n) is 19.6. The van der Waals surface area contributed by atoms with E-state index in [-0.39, 0.29) is 17.2 Å². The molecule has 1 aliphatic carbocycles. The van der Waals surface area contributed by atoms with Crippen LogP contribution in [0.2, 0.25) is 0 Å². The number of carbonyl (C=O) groups is 1. The third kappa shape index (κ3) is 5.00. The second-order valence-electron chi connectivity index (χ2n) is 8.77. The summed E-state index contributed by atoms with van der Waals surface area (Å²) in [5.74, 6) is -0.161. The summed E-state index contributed by atoms with van der Waals surface area (Å²) in [5.41, 5.74) is 7.08. The number of nitrogens with one attached hydrogen (secondary N) is 1. The Balaban J connectivity index is 1.43. The second kappa shape index (κ2) is 10.5. The molecule has 4 rings (SSSR count). The molecular weight excluding hydrogens is 406 g/mol. The third-order valence-electron chi connectivity index (χ3n) is 6.49. The summed E-state index contributed by atoms with van der Waals surface area (Å²) in [6, 6.07) is 29.0. The van der Waals surface area contributed by atoms with E-state index in [1.54, 1.807) is 6.21 Å². The van der Waals surface area contributed by atoms with E-state index in [2.05, 4.69) is 77.8 Å². The van der Waals surface area contributed by atoms with Gasteiger partial charge in [-0.1, -0.05) is 86.6 Å². The van der Waals surface area contributed by atoms with E-state index in [0.717, 1.165) is 37.9 Å². The Bertz CT molecular complexity index is 1020. The van der Waals surface area contributed by atoms with Crippen LogP contribution in [0, 0.1) is 5.92 Å². The van der Waals surface area contributed by atoms with Gasteiger partial charge in [0.1, 0.15) is 0 Å². The van der Waals surface area contributed by atoms with E-state index in [1.807, 2.05) is 36.4 Å². The first-order valence-electron chi connectivity index (χ1n) is 12.0. The predicted molar refractivity (Wildman–Crippen MR) is 137 cm³/mol. The Kier molecular flexibility index (Phi) is 7.23. The number of anilines is 1.